The second kappa shape index (κ2) is 10.2. The number of carbonyl (C=O) groups excluding carboxylic acids is 2. The van der Waals surface area contributed by atoms with Crippen LogP contribution in [0.2, 0.25) is 0 Å². The Bertz CT molecular complexity index is 1190. The van der Waals surface area contributed by atoms with Crippen LogP contribution >= 0.6 is 0 Å². The standard InChI is InChI=1S/C24H25N3O4S/c1-18-11-13-23(14-12-18)32(30,31)27(16-20-7-4-3-5-8-20)17-24(29)26-22-10-6-9-21(15-22)25-19(2)28/h3-15H,16-17H2,1-2H3,(H,25,28)(H,26,29). The first-order valence-corrected chi connectivity index (χ1v) is 11.5. The van der Waals surface area contributed by atoms with Gasteiger partial charge in [-0.05, 0) is 42.8 Å². The molecule has 0 atom stereocenters. The summed E-state index contributed by atoms with van der Waals surface area (Å²) in [5.41, 5.74) is 2.69. The molecule has 0 aliphatic heterocycles. The molecule has 0 aromatic heterocycles. The maximum atomic E-state index is 13.3. The van der Waals surface area contributed by atoms with E-state index in [0.717, 1.165) is 15.4 Å². The van der Waals surface area contributed by atoms with Crippen molar-refractivity contribution in [3.8, 4) is 0 Å². The maximum absolute atomic E-state index is 13.3. The van der Waals surface area contributed by atoms with Crippen LogP contribution in [0.25, 0.3) is 0 Å². The summed E-state index contributed by atoms with van der Waals surface area (Å²) in [6, 6.07) is 22.3. The highest BCUT2D eigenvalue weighted by Crippen LogP contribution is 2.20. The summed E-state index contributed by atoms with van der Waals surface area (Å²) in [6.45, 7) is 2.95. The normalized spacial score (nSPS) is 11.2. The zero-order valence-electron chi connectivity index (χ0n) is 17.9. The number of benzene rings is 3. The van der Waals surface area contributed by atoms with Gasteiger partial charge in [0, 0.05) is 24.8 Å². The molecule has 2 amide bonds. The highest BCUT2D eigenvalue weighted by atomic mass is 32.2. The van der Waals surface area contributed by atoms with Crippen LogP contribution in [-0.2, 0) is 26.2 Å². The SMILES string of the molecule is CC(=O)Nc1cccc(NC(=O)CN(Cc2ccccc2)S(=O)(=O)c2ccc(C)cc2)c1. The molecule has 0 heterocycles. The van der Waals surface area contributed by atoms with E-state index >= 15 is 0 Å². The van der Waals surface area contributed by atoms with Gasteiger partial charge in [-0.1, -0.05) is 54.1 Å². The predicted octanol–water partition coefficient (Wildman–Crippen LogP) is 3.78. The molecule has 2 N–H and O–H groups in total. The minimum atomic E-state index is -3.91. The highest BCUT2D eigenvalue weighted by Gasteiger charge is 2.27. The Balaban J connectivity index is 1.83. The quantitative estimate of drug-likeness (QED) is 0.545. The first-order valence-electron chi connectivity index (χ1n) is 10.0. The fourth-order valence-electron chi connectivity index (χ4n) is 3.11. The van der Waals surface area contributed by atoms with Crippen LogP contribution in [0.15, 0.2) is 83.8 Å². The lowest BCUT2D eigenvalue weighted by Crippen LogP contribution is -2.37. The van der Waals surface area contributed by atoms with Crippen molar-refractivity contribution in [3.63, 3.8) is 0 Å². The Morgan fingerprint density at radius 3 is 2.09 bits per heavy atom. The van der Waals surface area contributed by atoms with Gasteiger partial charge in [0.2, 0.25) is 21.8 Å². The first-order chi connectivity index (χ1) is 15.2. The smallest absolute Gasteiger partial charge is 0.243 e. The number of aryl methyl sites for hydroxylation is 1. The van der Waals surface area contributed by atoms with Gasteiger partial charge in [-0.3, -0.25) is 9.59 Å². The molecule has 0 radical (unpaired) electrons. The van der Waals surface area contributed by atoms with Crippen molar-refractivity contribution in [3.05, 3.63) is 90.0 Å². The van der Waals surface area contributed by atoms with E-state index in [1.807, 2.05) is 37.3 Å². The van der Waals surface area contributed by atoms with Gasteiger partial charge in [0.15, 0.2) is 0 Å². The third-order valence-electron chi connectivity index (χ3n) is 4.65. The molecule has 0 saturated heterocycles. The van der Waals surface area contributed by atoms with Gasteiger partial charge in [-0.25, -0.2) is 8.42 Å². The van der Waals surface area contributed by atoms with E-state index in [4.69, 9.17) is 0 Å². The summed E-state index contributed by atoms with van der Waals surface area (Å²) in [5.74, 6) is -0.719. The Hall–Kier alpha value is -3.49. The molecule has 7 nitrogen and oxygen atoms in total. The third-order valence-corrected chi connectivity index (χ3v) is 6.45. The zero-order chi connectivity index (χ0) is 23.1. The number of hydrogen-bond donors (Lipinski definition) is 2. The van der Waals surface area contributed by atoms with Crippen LogP contribution in [0.3, 0.4) is 0 Å². The summed E-state index contributed by atoms with van der Waals surface area (Å²) >= 11 is 0. The number of anilines is 2. The summed E-state index contributed by atoms with van der Waals surface area (Å²) in [7, 11) is -3.91. The number of hydrogen-bond acceptors (Lipinski definition) is 4. The summed E-state index contributed by atoms with van der Waals surface area (Å²) < 4.78 is 27.8. The van der Waals surface area contributed by atoms with E-state index in [0.29, 0.717) is 11.4 Å². The molecule has 0 aliphatic rings. The lowest BCUT2D eigenvalue weighted by Gasteiger charge is -2.22. The number of nitrogens with zero attached hydrogens (tertiary/aromatic N) is 1. The second-order valence-electron chi connectivity index (χ2n) is 7.38. The Kier molecular flexibility index (Phi) is 7.40. The van der Waals surface area contributed by atoms with Crippen LogP contribution in [0.1, 0.15) is 18.1 Å². The van der Waals surface area contributed by atoms with Crippen LogP contribution in [0.4, 0.5) is 11.4 Å². The van der Waals surface area contributed by atoms with Crippen molar-refractivity contribution in [1.82, 2.24) is 4.31 Å². The first kappa shape index (κ1) is 23.2. The Morgan fingerprint density at radius 1 is 0.844 bits per heavy atom. The van der Waals surface area contributed by atoms with Crippen molar-refractivity contribution >= 4 is 33.2 Å². The number of carbonyl (C=O) groups is 2. The molecular formula is C24H25N3O4S. The van der Waals surface area contributed by atoms with Crippen molar-refractivity contribution in [2.45, 2.75) is 25.3 Å². The Morgan fingerprint density at radius 2 is 1.47 bits per heavy atom. The number of nitrogens with one attached hydrogen (secondary N) is 2. The molecule has 0 aliphatic carbocycles. The maximum Gasteiger partial charge on any atom is 0.243 e. The van der Waals surface area contributed by atoms with Gasteiger partial charge in [0.1, 0.15) is 0 Å². The van der Waals surface area contributed by atoms with Gasteiger partial charge in [-0.15, -0.1) is 0 Å². The van der Waals surface area contributed by atoms with Crippen molar-refractivity contribution in [2.75, 3.05) is 17.2 Å². The van der Waals surface area contributed by atoms with Gasteiger partial charge in [-0.2, -0.15) is 4.31 Å². The summed E-state index contributed by atoms with van der Waals surface area (Å²) in [4.78, 5) is 24.2. The molecule has 3 aromatic rings. The number of amides is 2. The molecule has 3 rings (SSSR count). The predicted molar refractivity (Wildman–Crippen MR) is 125 cm³/mol. The van der Waals surface area contributed by atoms with Crippen molar-refractivity contribution in [1.29, 1.82) is 0 Å². The van der Waals surface area contributed by atoms with Crippen LogP contribution in [-0.4, -0.2) is 31.1 Å². The van der Waals surface area contributed by atoms with Crippen molar-refractivity contribution in [2.24, 2.45) is 0 Å². The molecule has 166 valence electrons. The third kappa shape index (κ3) is 6.26. The van der Waals surface area contributed by atoms with E-state index in [1.165, 1.54) is 19.1 Å². The fourth-order valence-corrected chi connectivity index (χ4v) is 4.50. The van der Waals surface area contributed by atoms with Crippen LogP contribution in [0, 0.1) is 6.92 Å². The largest absolute Gasteiger partial charge is 0.326 e. The molecule has 32 heavy (non-hydrogen) atoms. The summed E-state index contributed by atoms with van der Waals surface area (Å²) in [6.07, 6.45) is 0. The van der Waals surface area contributed by atoms with E-state index in [-0.39, 0.29) is 23.9 Å². The molecule has 0 bridgehead atoms. The van der Waals surface area contributed by atoms with Crippen LogP contribution < -0.4 is 10.6 Å². The molecule has 3 aromatic carbocycles. The Labute approximate surface area is 188 Å². The van der Waals surface area contributed by atoms with Gasteiger partial charge < -0.3 is 10.6 Å². The molecule has 0 saturated carbocycles. The number of sulfonamides is 1. The highest BCUT2D eigenvalue weighted by molar-refractivity contribution is 7.89. The lowest BCUT2D eigenvalue weighted by atomic mass is 10.2. The van der Waals surface area contributed by atoms with E-state index in [9.17, 15) is 18.0 Å². The van der Waals surface area contributed by atoms with Gasteiger partial charge in [0.05, 0.1) is 11.4 Å². The van der Waals surface area contributed by atoms with Gasteiger partial charge in [0.25, 0.3) is 0 Å². The van der Waals surface area contributed by atoms with E-state index in [2.05, 4.69) is 10.6 Å². The summed E-state index contributed by atoms with van der Waals surface area (Å²) in [5, 5.41) is 5.35. The molecule has 0 unspecified atom stereocenters. The second-order valence-corrected chi connectivity index (χ2v) is 9.32. The van der Waals surface area contributed by atoms with Gasteiger partial charge >= 0.3 is 0 Å². The molecule has 0 spiro atoms. The monoisotopic (exact) mass is 451 g/mol. The zero-order valence-corrected chi connectivity index (χ0v) is 18.7. The lowest BCUT2D eigenvalue weighted by molar-refractivity contribution is -0.116. The van der Waals surface area contributed by atoms with Crippen LogP contribution in [0.5, 0.6) is 0 Å². The molecule has 8 heteroatoms. The number of rotatable bonds is 8. The fraction of sp³-hybridized carbons (Fsp3) is 0.167. The van der Waals surface area contributed by atoms with Crippen molar-refractivity contribution < 1.29 is 18.0 Å². The van der Waals surface area contributed by atoms with E-state index in [1.54, 1.807) is 36.4 Å². The molecular weight excluding hydrogens is 426 g/mol. The minimum absolute atomic E-state index is 0.0520. The average Bonchev–Trinajstić information content (AvgIpc) is 2.74. The average molecular weight is 452 g/mol. The molecule has 0 fully saturated rings. The topological polar surface area (TPSA) is 95.6 Å². The van der Waals surface area contributed by atoms with E-state index < -0.39 is 15.9 Å². The minimum Gasteiger partial charge on any atom is -0.326 e.